The molecule has 0 aliphatic heterocycles. The number of carbonyl (C=O) groups is 1. The van der Waals surface area contributed by atoms with E-state index < -0.39 is 12.1 Å². The van der Waals surface area contributed by atoms with Crippen molar-refractivity contribution < 1.29 is 13.9 Å². The number of allylic oxidation sites excluding steroid dienone is 1. The average molecular weight is 248 g/mol. The molecule has 0 aliphatic rings. The minimum absolute atomic E-state index is 0.319. The van der Waals surface area contributed by atoms with Gasteiger partial charge in [-0.25, -0.2) is 9.18 Å². The third-order valence-corrected chi connectivity index (χ3v) is 2.27. The quantitative estimate of drug-likeness (QED) is 0.458. The molecule has 1 aromatic rings. The molecule has 1 atom stereocenters. The molecule has 0 heterocycles. The van der Waals surface area contributed by atoms with E-state index in [4.69, 9.17) is 4.74 Å². The summed E-state index contributed by atoms with van der Waals surface area (Å²) in [7, 11) is 0. The van der Waals surface area contributed by atoms with Gasteiger partial charge in [-0.2, -0.15) is 0 Å². The number of ether oxygens (including phenoxy) is 1. The zero-order chi connectivity index (χ0) is 13.7. The van der Waals surface area contributed by atoms with Crippen molar-refractivity contribution in [2.24, 2.45) is 0 Å². The van der Waals surface area contributed by atoms with Crippen molar-refractivity contribution in [3.63, 3.8) is 0 Å². The summed E-state index contributed by atoms with van der Waals surface area (Å²) in [4.78, 5) is 11.5. The fraction of sp³-hybridized carbons (Fsp3) is 0.267. The zero-order valence-corrected chi connectivity index (χ0v) is 10.9. The van der Waals surface area contributed by atoms with Crippen LogP contribution >= 0.6 is 0 Å². The highest BCUT2D eigenvalue weighted by Gasteiger charge is 2.14. The van der Waals surface area contributed by atoms with Crippen LogP contribution < -0.4 is 0 Å². The summed E-state index contributed by atoms with van der Waals surface area (Å²) >= 11 is 0. The van der Waals surface area contributed by atoms with Crippen LogP contribution in [0.5, 0.6) is 0 Å². The summed E-state index contributed by atoms with van der Waals surface area (Å²) in [6, 6.07) is 5.89. The zero-order valence-electron chi connectivity index (χ0n) is 10.9. The van der Waals surface area contributed by atoms with Gasteiger partial charge in [-0.15, -0.1) is 0 Å². The Morgan fingerprint density at radius 1 is 1.28 bits per heavy atom. The first-order valence-electron chi connectivity index (χ1n) is 5.67. The van der Waals surface area contributed by atoms with E-state index in [1.54, 1.807) is 19.1 Å². The molecule has 2 nitrogen and oxygen atoms in total. The van der Waals surface area contributed by atoms with E-state index >= 15 is 0 Å². The Labute approximate surface area is 107 Å². The van der Waals surface area contributed by atoms with Crippen LogP contribution in [0.1, 0.15) is 32.4 Å². The molecule has 1 rings (SSSR count). The number of halogens is 1. The van der Waals surface area contributed by atoms with E-state index in [1.165, 1.54) is 12.1 Å². The van der Waals surface area contributed by atoms with Crippen molar-refractivity contribution in [2.75, 3.05) is 0 Å². The number of hydrogen-bond donors (Lipinski definition) is 0. The summed E-state index contributed by atoms with van der Waals surface area (Å²) in [5, 5.41) is 0. The molecule has 0 aromatic heterocycles. The third kappa shape index (κ3) is 4.17. The molecular weight excluding hydrogens is 231 g/mol. The first-order valence-corrected chi connectivity index (χ1v) is 5.67. The second kappa shape index (κ2) is 6.15. The molecule has 0 saturated carbocycles. The lowest BCUT2D eigenvalue weighted by atomic mass is 10.1. The maximum absolute atomic E-state index is 12.9. The van der Waals surface area contributed by atoms with Crippen LogP contribution in [0.2, 0.25) is 0 Å². The number of carbonyl (C=O) groups excluding carboxylic acids is 1. The smallest absolute Gasteiger partial charge is 0.334 e. The highest BCUT2D eigenvalue weighted by Crippen LogP contribution is 2.22. The standard InChI is InChI=1S/C15H17FO2/c1-10(2)9-14(18-15(17)11(3)4)12-5-7-13(16)8-6-12/h5-9,14H,3H2,1-2,4H3. The minimum Gasteiger partial charge on any atom is -0.450 e. The molecule has 18 heavy (non-hydrogen) atoms. The van der Waals surface area contributed by atoms with Crippen LogP contribution in [0.15, 0.2) is 48.1 Å². The molecule has 0 aliphatic carbocycles. The molecule has 0 amide bonds. The topological polar surface area (TPSA) is 26.3 Å². The number of benzene rings is 1. The SMILES string of the molecule is C=C(C)C(=O)OC(C=C(C)C)c1ccc(F)cc1. The minimum atomic E-state index is -0.514. The average Bonchev–Trinajstić information content (AvgIpc) is 2.28. The van der Waals surface area contributed by atoms with Gasteiger partial charge in [-0.05, 0) is 44.5 Å². The summed E-state index contributed by atoms with van der Waals surface area (Å²) in [6.07, 6.45) is 1.30. The van der Waals surface area contributed by atoms with Gasteiger partial charge < -0.3 is 4.74 Å². The van der Waals surface area contributed by atoms with Gasteiger partial charge in [0.25, 0.3) is 0 Å². The second-order valence-electron chi connectivity index (χ2n) is 4.40. The molecular formula is C15H17FO2. The van der Waals surface area contributed by atoms with Gasteiger partial charge in [0.2, 0.25) is 0 Å². The van der Waals surface area contributed by atoms with E-state index in [1.807, 2.05) is 19.9 Å². The van der Waals surface area contributed by atoms with Gasteiger partial charge in [0.1, 0.15) is 11.9 Å². The lowest BCUT2D eigenvalue weighted by Gasteiger charge is -2.15. The lowest BCUT2D eigenvalue weighted by molar-refractivity contribution is -0.142. The van der Waals surface area contributed by atoms with Crippen LogP contribution in [-0.4, -0.2) is 5.97 Å². The molecule has 0 saturated heterocycles. The molecule has 3 heteroatoms. The van der Waals surface area contributed by atoms with Crippen molar-refractivity contribution in [3.8, 4) is 0 Å². The first-order chi connectivity index (χ1) is 8.40. The van der Waals surface area contributed by atoms with Crippen molar-refractivity contribution in [1.82, 2.24) is 0 Å². The molecule has 0 fully saturated rings. The second-order valence-corrected chi connectivity index (χ2v) is 4.40. The van der Waals surface area contributed by atoms with Gasteiger partial charge in [-0.3, -0.25) is 0 Å². The van der Waals surface area contributed by atoms with Crippen LogP contribution in [-0.2, 0) is 9.53 Å². The number of esters is 1. The summed E-state index contributed by atoms with van der Waals surface area (Å²) < 4.78 is 18.2. The van der Waals surface area contributed by atoms with Crippen molar-refractivity contribution in [1.29, 1.82) is 0 Å². The summed E-state index contributed by atoms with van der Waals surface area (Å²) in [6.45, 7) is 8.95. The Bertz CT molecular complexity index is 468. The van der Waals surface area contributed by atoms with Crippen LogP contribution in [0.25, 0.3) is 0 Å². The summed E-state index contributed by atoms with van der Waals surface area (Å²) in [5.41, 5.74) is 2.08. The normalized spacial score (nSPS) is 11.6. The van der Waals surface area contributed by atoms with Crippen molar-refractivity contribution in [2.45, 2.75) is 26.9 Å². The van der Waals surface area contributed by atoms with E-state index in [0.717, 1.165) is 11.1 Å². The van der Waals surface area contributed by atoms with Crippen LogP contribution in [0.4, 0.5) is 4.39 Å². The molecule has 0 bridgehead atoms. The monoisotopic (exact) mass is 248 g/mol. The maximum atomic E-state index is 12.9. The predicted octanol–water partition coefficient (Wildman–Crippen LogP) is 3.95. The highest BCUT2D eigenvalue weighted by atomic mass is 19.1. The van der Waals surface area contributed by atoms with Gasteiger partial charge in [0.05, 0.1) is 0 Å². The first kappa shape index (κ1) is 14.2. The molecule has 0 N–H and O–H groups in total. The molecule has 0 radical (unpaired) electrons. The van der Waals surface area contributed by atoms with Crippen molar-refractivity contribution in [3.05, 3.63) is 59.4 Å². The Morgan fingerprint density at radius 2 is 1.83 bits per heavy atom. The van der Waals surface area contributed by atoms with E-state index in [-0.39, 0.29) is 5.82 Å². The molecule has 1 unspecified atom stereocenters. The summed E-state index contributed by atoms with van der Waals surface area (Å²) in [5.74, 6) is -0.775. The molecule has 96 valence electrons. The fourth-order valence-corrected chi connectivity index (χ4v) is 1.37. The molecule has 0 spiro atoms. The number of hydrogen-bond acceptors (Lipinski definition) is 2. The van der Waals surface area contributed by atoms with E-state index in [9.17, 15) is 9.18 Å². The Hall–Kier alpha value is -1.90. The van der Waals surface area contributed by atoms with Gasteiger partial charge in [-0.1, -0.05) is 24.3 Å². The largest absolute Gasteiger partial charge is 0.450 e. The fourth-order valence-electron chi connectivity index (χ4n) is 1.37. The van der Waals surface area contributed by atoms with Gasteiger partial charge in [0, 0.05) is 5.57 Å². The highest BCUT2D eigenvalue weighted by molar-refractivity contribution is 5.87. The van der Waals surface area contributed by atoms with E-state index in [0.29, 0.717) is 5.57 Å². The lowest BCUT2D eigenvalue weighted by Crippen LogP contribution is -2.10. The number of rotatable bonds is 4. The van der Waals surface area contributed by atoms with E-state index in [2.05, 4.69) is 6.58 Å². The Balaban J connectivity index is 2.98. The third-order valence-electron chi connectivity index (χ3n) is 2.27. The Kier molecular flexibility index (Phi) is 4.84. The predicted molar refractivity (Wildman–Crippen MR) is 69.5 cm³/mol. The van der Waals surface area contributed by atoms with Gasteiger partial charge >= 0.3 is 5.97 Å². The van der Waals surface area contributed by atoms with Crippen molar-refractivity contribution >= 4 is 5.97 Å². The molecule has 1 aromatic carbocycles. The van der Waals surface area contributed by atoms with Crippen LogP contribution in [0, 0.1) is 5.82 Å². The van der Waals surface area contributed by atoms with Gasteiger partial charge in [0.15, 0.2) is 0 Å². The van der Waals surface area contributed by atoms with Crippen LogP contribution in [0.3, 0.4) is 0 Å². The maximum Gasteiger partial charge on any atom is 0.334 e. The Morgan fingerprint density at radius 3 is 2.28 bits per heavy atom.